The molecule has 0 N–H and O–H groups in total. The van der Waals surface area contributed by atoms with E-state index in [0.717, 1.165) is 24.2 Å². The van der Waals surface area contributed by atoms with Crippen LogP contribution in [0, 0.1) is 23.2 Å². The minimum atomic E-state index is -2.49. The van der Waals surface area contributed by atoms with Gasteiger partial charge in [0.15, 0.2) is 0 Å². The van der Waals surface area contributed by atoms with E-state index in [2.05, 4.69) is 0 Å². The maximum absolute atomic E-state index is 13.0. The number of hydrogen-bond donors (Lipinski definition) is 0. The molecule has 0 atom stereocenters. The van der Waals surface area contributed by atoms with Gasteiger partial charge < -0.3 is 0 Å². The molecule has 0 aliphatic heterocycles. The second-order valence-corrected chi connectivity index (χ2v) is 8.11. The van der Waals surface area contributed by atoms with E-state index < -0.39 is 3.93 Å². The molecule has 3 heteroatoms. The highest BCUT2D eigenvalue weighted by Gasteiger charge is 2.51. The van der Waals surface area contributed by atoms with Crippen LogP contribution < -0.4 is 0 Å². The Morgan fingerprint density at radius 3 is 1.81 bits per heavy atom. The van der Waals surface area contributed by atoms with Crippen molar-refractivity contribution in [1.82, 2.24) is 0 Å². The van der Waals surface area contributed by atoms with Crippen LogP contribution >= 0.6 is 22.6 Å². The molecule has 0 nitrogen and oxygen atoms in total. The molecule has 4 aliphatic rings. The first-order valence-electron chi connectivity index (χ1n) is 6.51. The fourth-order valence-corrected chi connectivity index (χ4v) is 5.27. The Morgan fingerprint density at radius 2 is 1.44 bits per heavy atom. The monoisotopic (exact) mass is 340 g/mol. The lowest BCUT2D eigenvalue weighted by Crippen LogP contribution is -2.46. The summed E-state index contributed by atoms with van der Waals surface area (Å²) in [7, 11) is 0. The first-order chi connectivity index (χ1) is 7.44. The molecule has 0 aromatic rings. The van der Waals surface area contributed by atoms with Gasteiger partial charge in [0.1, 0.15) is 0 Å². The largest absolute Gasteiger partial charge is 0.296 e. The lowest BCUT2D eigenvalue weighted by molar-refractivity contribution is -0.0657. The van der Waals surface area contributed by atoms with Crippen molar-refractivity contribution in [3.63, 3.8) is 0 Å². The Kier molecular flexibility index (Phi) is 2.76. The van der Waals surface area contributed by atoms with Crippen molar-refractivity contribution in [3.8, 4) is 0 Å². The summed E-state index contributed by atoms with van der Waals surface area (Å²) >= 11 is 1.30. The molecule has 0 aromatic carbocycles. The summed E-state index contributed by atoms with van der Waals surface area (Å²) in [5, 5.41) is 0. The lowest BCUT2D eigenvalue weighted by Gasteiger charge is -2.57. The summed E-state index contributed by atoms with van der Waals surface area (Å²) in [6.45, 7) is 0. The maximum atomic E-state index is 13.0. The summed E-state index contributed by atoms with van der Waals surface area (Å²) in [4.78, 5) is 0. The lowest BCUT2D eigenvalue weighted by atomic mass is 9.48. The molecule has 0 spiro atoms. The summed E-state index contributed by atoms with van der Waals surface area (Å²) in [6.07, 6.45) is 8.84. The SMILES string of the molecule is FC(F)(I)CCC12CC3CC(CC(C3)C1)C2. The van der Waals surface area contributed by atoms with E-state index in [1.54, 1.807) is 0 Å². The van der Waals surface area contributed by atoms with Crippen LogP contribution in [-0.2, 0) is 0 Å². The molecular formula is C13H19F2I. The van der Waals surface area contributed by atoms with Gasteiger partial charge >= 0.3 is 0 Å². The molecule has 0 unspecified atom stereocenters. The van der Waals surface area contributed by atoms with Crippen molar-refractivity contribution in [2.24, 2.45) is 23.2 Å². The quantitative estimate of drug-likeness (QED) is 0.500. The van der Waals surface area contributed by atoms with E-state index in [0.29, 0.717) is 5.41 Å². The Hall–Kier alpha value is 0.590. The average molecular weight is 340 g/mol. The predicted octanol–water partition coefficient (Wildman–Crippen LogP) is 5.01. The molecule has 0 heterocycles. The van der Waals surface area contributed by atoms with Crippen LogP contribution in [0.15, 0.2) is 0 Å². The van der Waals surface area contributed by atoms with Crippen molar-refractivity contribution < 1.29 is 8.78 Å². The number of hydrogen-bond acceptors (Lipinski definition) is 0. The number of rotatable bonds is 3. The summed E-state index contributed by atoms with van der Waals surface area (Å²) in [6, 6.07) is 0. The number of halogens is 3. The Balaban J connectivity index is 1.69. The summed E-state index contributed by atoms with van der Waals surface area (Å²) < 4.78 is 23.5. The third-order valence-corrected chi connectivity index (χ3v) is 5.64. The third-order valence-electron chi connectivity index (χ3n) is 5.10. The minimum Gasteiger partial charge on any atom is -0.195 e. The summed E-state index contributed by atoms with van der Waals surface area (Å²) in [5.41, 5.74) is 0.323. The van der Waals surface area contributed by atoms with Crippen LogP contribution in [0.4, 0.5) is 8.78 Å². The first-order valence-corrected chi connectivity index (χ1v) is 7.59. The van der Waals surface area contributed by atoms with Crippen molar-refractivity contribution in [3.05, 3.63) is 0 Å². The van der Waals surface area contributed by atoms with Gasteiger partial charge in [-0.1, -0.05) is 0 Å². The Bertz CT molecular complexity index is 247. The number of alkyl halides is 3. The van der Waals surface area contributed by atoms with Gasteiger partial charge in [-0.25, -0.2) is 0 Å². The van der Waals surface area contributed by atoms with Gasteiger partial charge in [-0.05, 0) is 90.7 Å². The molecule has 0 saturated heterocycles. The van der Waals surface area contributed by atoms with Gasteiger partial charge in [0.05, 0.1) is 0 Å². The van der Waals surface area contributed by atoms with Crippen molar-refractivity contribution >= 4 is 22.6 Å². The molecular weight excluding hydrogens is 321 g/mol. The van der Waals surface area contributed by atoms with E-state index >= 15 is 0 Å². The van der Waals surface area contributed by atoms with Crippen molar-refractivity contribution in [2.45, 2.75) is 55.3 Å². The second-order valence-electron chi connectivity index (χ2n) is 6.53. The van der Waals surface area contributed by atoms with E-state index in [1.807, 2.05) is 0 Å². The molecule has 0 amide bonds. The normalized spacial score (nSPS) is 46.3. The van der Waals surface area contributed by atoms with E-state index in [9.17, 15) is 8.78 Å². The highest BCUT2D eigenvalue weighted by molar-refractivity contribution is 14.1. The van der Waals surface area contributed by atoms with E-state index in [-0.39, 0.29) is 6.42 Å². The fourth-order valence-electron chi connectivity index (χ4n) is 5.00. The molecule has 16 heavy (non-hydrogen) atoms. The second kappa shape index (κ2) is 3.79. The van der Waals surface area contributed by atoms with Crippen molar-refractivity contribution in [1.29, 1.82) is 0 Å². The average Bonchev–Trinajstić information content (AvgIpc) is 2.11. The summed E-state index contributed by atoms with van der Waals surface area (Å²) in [5.74, 6) is 2.65. The molecule has 92 valence electrons. The van der Waals surface area contributed by atoms with Gasteiger partial charge in [-0.15, -0.1) is 0 Å². The molecule has 4 saturated carbocycles. The van der Waals surface area contributed by atoms with Gasteiger partial charge in [-0.2, -0.15) is 8.78 Å². The van der Waals surface area contributed by atoms with Crippen LogP contribution in [0.2, 0.25) is 0 Å². The third kappa shape index (κ3) is 2.25. The first kappa shape index (κ1) is 11.7. The van der Waals surface area contributed by atoms with Gasteiger partial charge in [-0.3, -0.25) is 0 Å². The molecule has 4 aliphatic carbocycles. The molecule has 4 rings (SSSR count). The zero-order chi connectivity index (χ0) is 11.4. The van der Waals surface area contributed by atoms with Crippen LogP contribution in [0.5, 0.6) is 0 Å². The minimum absolute atomic E-state index is 0.0969. The Labute approximate surface area is 110 Å². The molecule has 4 bridgehead atoms. The molecule has 0 radical (unpaired) electrons. The van der Waals surface area contributed by atoms with Gasteiger partial charge in [0, 0.05) is 6.42 Å². The van der Waals surface area contributed by atoms with Crippen LogP contribution in [-0.4, -0.2) is 3.93 Å². The zero-order valence-electron chi connectivity index (χ0n) is 9.52. The van der Waals surface area contributed by atoms with Crippen LogP contribution in [0.3, 0.4) is 0 Å². The van der Waals surface area contributed by atoms with Gasteiger partial charge in [0.25, 0.3) is 3.93 Å². The predicted molar refractivity (Wildman–Crippen MR) is 68.8 cm³/mol. The maximum Gasteiger partial charge on any atom is 0.296 e. The molecule has 4 fully saturated rings. The van der Waals surface area contributed by atoms with Gasteiger partial charge in [0.2, 0.25) is 0 Å². The highest BCUT2D eigenvalue weighted by atomic mass is 127. The highest BCUT2D eigenvalue weighted by Crippen LogP contribution is 2.62. The molecule has 0 aromatic heterocycles. The smallest absolute Gasteiger partial charge is 0.195 e. The topological polar surface area (TPSA) is 0 Å². The van der Waals surface area contributed by atoms with Crippen LogP contribution in [0.25, 0.3) is 0 Å². The zero-order valence-corrected chi connectivity index (χ0v) is 11.7. The standard InChI is InChI=1S/C13H19F2I/c14-13(15,16)2-1-12-6-9-3-10(7-12)5-11(4-9)8-12/h9-11H,1-8H2. The van der Waals surface area contributed by atoms with Crippen molar-refractivity contribution in [2.75, 3.05) is 0 Å². The van der Waals surface area contributed by atoms with E-state index in [4.69, 9.17) is 0 Å². The van der Waals surface area contributed by atoms with E-state index in [1.165, 1.54) is 61.1 Å². The fraction of sp³-hybridized carbons (Fsp3) is 1.00. The Morgan fingerprint density at radius 1 is 1.00 bits per heavy atom. The van der Waals surface area contributed by atoms with Crippen LogP contribution in [0.1, 0.15) is 51.4 Å².